The molecule has 0 saturated carbocycles. The first-order valence-corrected chi connectivity index (χ1v) is 7.49. The van der Waals surface area contributed by atoms with Gasteiger partial charge in [-0.05, 0) is 25.2 Å². The van der Waals surface area contributed by atoms with Gasteiger partial charge in [0.05, 0.1) is 11.3 Å². The molecule has 0 fully saturated rings. The van der Waals surface area contributed by atoms with E-state index in [2.05, 4.69) is 30.4 Å². The summed E-state index contributed by atoms with van der Waals surface area (Å²) < 4.78 is 0.118. The summed E-state index contributed by atoms with van der Waals surface area (Å²) in [6.07, 6.45) is 5.59. The molecule has 0 aliphatic heterocycles. The Morgan fingerprint density at radius 2 is 2.16 bits per heavy atom. The van der Waals surface area contributed by atoms with Crippen LogP contribution in [0.4, 0.5) is 11.5 Å². The number of nitrogens with two attached hydrogens (primary N) is 1. The maximum absolute atomic E-state index is 11.0. The fourth-order valence-corrected chi connectivity index (χ4v) is 2.70. The number of rotatable bonds is 7. The summed E-state index contributed by atoms with van der Waals surface area (Å²) >= 11 is 1.81. The maximum atomic E-state index is 11.0. The van der Waals surface area contributed by atoms with Crippen molar-refractivity contribution in [1.82, 2.24) is 4.98 Å². The van der Waals surface area contributed by atoms with Gasteiger partial charge in [-0.2, -0.15) is 11.8 Å². The van der Waals surface area contributed by atoms with Crippen LogP contribution >= 0.6 is 11.8 Å². The third-order valence-corrected chi connectivity index (χ3v) is 5.11. The maximum Gasteiger partial charge on any atom is 0.337 e. The van der Waals surface area contributed by atoms with Crippen LogP contribution in [0.25, 0.3) is 0 Å². The number of anilines is 2. The minimum absolute atomic E-state index is 0.0836. The largest absolute Gasteiger partial charge is 0.478 e. The number of hydrogen-bond donors (Lipinski definition) is 3. The molecule has 0 saturated heterocycles. The predicted octanol–water partition coefficient (Wildman–Crippen LogP) is 2.70. The van der Waals surface area contributed by atoms with Crippen molar-refractivity contribution in [2.24, 2.45) is 0 Å². The molecule has 0 radical (unpaired) electrons. The van der Waals surface area contributed by atoms with E-state index in [1.807, 2.05) is 0 Å². The Morgan fingerprint density at radius 1 is 1.53 bits per heavy atom. The lowest BCUT2D eigenvalue weighted by molar-refractivity contribution is 0.0698. The van der Waals surface area contributed by atoms with Crippen LogP contribution in [0, 0.1) is 0 Å². The third kappa shape index (κ3) is 3.53. The number of aromatic carboxylic acids is 1. The highest BCUT2D eigenvalue weighted by Gasteiger charge is 2.25. The van der Waals surface area contributed by atoms with E-state index >= 15 is 0 Å². The molecule has 4 N–H and O–H groups in total. The van der Waals surface area contributed by atoms with E-state index in [0.717, 1.165) is 12.8 Å². The fraction of sp³-hybridized carbons (Fsp3) is 0.538. The van der Waals surface area contributed by atoms with Gasteiger partial charge in [0.15, 0.2) is 0 Å². The number of carboxylic acid groups (broad SMARTS) is 1. The molecular weight excluding hydrogens is 262 g/mol. The van der Waals surface area contributed by atoms with Crippen molar-refractivity contribution >= 4 is 29.2 Å². The van der Waals surface area contributed by atoms with Gasteiger partial charge in [0.1, 0.15) is 5.82 Å². The third-order valence-electron chi connectivity index (χ3n) is 3.52. The highest BCUT2D eigenvalue weighted by atomic mass is 32.2. The number of hydrogen-bond acceptors (Lipinski definition) is 5. The SMILES string of the molecule is CCC(CC)(CNc1nccc(C(=O)O)c1N)SC. The summed E-state index contributed by atoms with van der Waals surface area (Å²) in [5.41, 5.74) is 6.10. The van der Waals surface area contributed by atoms with E-state index in [-0.39, 0.29) is 16.0 Å². The molecule has 0 bridgehead atoms. The molecule has 1 heterocycles. The monoisotopic (exact) mass is 283 g/mol. The van der Waals surface area contributed by atoms with Crippen LogP contribution < -0.4 is 11.1 Å². The van der Waals surface area contributed by atoms with Gasteiger partial charge >= 0.3 is 5.97 Å². The summed E-state index contributed by atoms with van der Waals surface area (Å²) in [6, 6.07) is 1.41. The molecule has 0 aliphatic rings. The van der Waals surface area contributed by atoms with Crippen molar-refractivity contribution in [3.8, 4) is 0 Å². The number of carbonyl (C=O) groups is 1. The molecule has 1 aromatic heterocycles. The number of nitrogen functional groups attached to an aromatic ring is 1. The van der Waals surface area contributed by atoms with E-state index in [1.54, 1.807) is 11.8 Å². The van der Waals surface area contributed by atoms with E-state index in [9.17, 15) is 4.79 Å². The molecule has 0 aliphatic carbocycles. The number of thioether (sulfide) groups is 1. The average Bonchev–Trinajstić information content (AvgIpc) is 2.42. The molecule has 0 unspecified atom stereocenters. The van der Waals surface area contributed by atoms with Gasteiger partial charge in [-0.1, -0.05) is 13.8 Å². The van der Waals surface area contributed by atoms with Gasteiger partial charge in [0, 0.05) is 17.5 Å². The molecular formula is C13H21N3O2S. The second kappa shape index (κ2) is 6.65. The van der Waals surface area contributed by atoms with Gasteiger partial charge in [-0.25, -0.2) is 9.78 Å². The van der Waals surface area contributed by atoms with Crippen molar-refractivity contribution in [1.29, 1.82) is 0 Å². The predicted molar refractivity (Wildman–Crippen MR) is 80.9 cm³/mol. The van der Waals surface area contributed by atoms with E-state index in [0.29, 0.717) is 12.4 Å². The van der Waals surface area contributed by atoms with Crippen LogP contribution in [0.1, 0.15) is 37.0 Å². The molecule has 1 aromatic rings. The standard InChI is InChI=1S/C13H21N3O2S/c1-4-13(5-2,19-3)8-16-11-10(14)9(12(17)18)6-7-15-11/h6-7H,4-5,8,14H2,1-3H3,(H,15,16)(H,17,18). The zero-order chi connectivity index (χ0) is 14.5. The van der Waals surface area contributed by atoms with Gasteiger partial charge in [-0.15, -0.1) is 0 Å². The number of pyridine rings is 1. The van der Waals surface area contributed by atoms with Gasteiger partial charge in [0.25, 0.3) is 0 Å². The van der Waals surface area contributed by atoms with Crippen LogP contribution in [0.15, 0.2) is 12.3 Å². The minimum Gasteiger partial charge on any atom is -0.478 e. The van der Waals surface area contributed by atoms with Crippen molar-refractivity contribution in [2.45, 2.75) is 31.4 Å². The highest BCUT2D eigenvalue weighted by Crippen LogP contribution is 2.31. The van der Waals surface area contributed by atoms with Crippen molar-refractivity contribution in [3.05, 3.63) is 17.8 Å². The van der Waals surface area contributed by atoms with E-state index in [1.165, 1.54) is 12.3 Å². The lowest BCUT2D eigenvalue weighted by Gasteiger charge is -2.30. The quantitative estimate of drug-likeness (QED) is 0.713. The molecule has 0 atom stereocenters. The Balaban J connectivity index is 2.89. The summed E-state index contributed by atoms with van der Waals surface area (Å²) in [5.74, 6) is -0.592. The second-order valence-electron chi connectivity index (χ2n) is 4.37. The topological polar surface area (TPSA) is 88.2 Å². The van der Waals surface area contributed by atoms with Gasteiger partial charge in [0.2, 0.25) is 0 Å². The van der Waals surface area contributed by atoms with Gasteiger partial charge in [-0.3, -0.25) is 0 Å². The lowest BCUT2D eigenvalue weighted by atomic mass is 10.0. The van der Waals surface area contributed by atoms with Gasteiger partial charge < -0.3 is 16.2 Å². The summed E-state index contributed by atoms with van der Waals surface area (Å²) in [5, 5.41) is 12.2. The van der Waals surface area contributed by atoms with Crippen molar-refractivity contribution in [2.75, 3.05) is 23.9 Å². The van der Waals surface area contributed by atoms with Crippen LogP contribution in [0.3, 0.4) is 0 Å². The van der Waals surface area contributed by atoms with Crippen LogP contribution in [-0.4, -0.2) is 33.6 Å². The zero-order valence-corrected chi connectivity index (χ0v) is 12.4. The molecule has 106 valence electrons. The summed E-state index contributed by atoms with van der Waals surface area (Å²) in [7, 11) is 0. The number of aromatic nitrogens is 1. The molecule has 5 nitrogen and oxygen atoms in total. The Hall–Kier alpha value is -1.43. The number of carboxylic acids is 1. The van der Waals surface area contributed by atoms with Crippen LogP contribution in [0.5, 0.6) is 0 Å². The Morgan fingerprint density at radius 3 is 2.63 bits per heavy atom. The first kappa shape index (κ1) is 15.6. The van der Waals surface area contributed by atoms with Crippen molar-refractivity contribution < 1.29 is 9.90 Å². The first-order valence-electron chi connectivity index (χ1n) is 6.26. The zero-order valence-electron chi connectivity index (χ0n) is 11.6. The Labute approximate surface area is 118 Å². The minimum atomic E-state index is -1.04. The normalized spacial score (nSPS) is 11.3. The van der Waals surface area contributed by atoms with Crippen LogP contribution in [0.2, 0.25) is 0 Å². The molecule has 0 aromatic carbocycles. The highest BCUT2D eigenvalue weighted by molar-refractivity contribution is 8.00. The Kier molecular flexibility index (Phi) is 5.47. The molecule has 6 heteroatoms. The molecule has 0 amide bonds. The number of nitrogens with one attached hydrogen (secondary N) is 1. The molecule has 1 rings (SSSR count). The lowest BCUT2D eigenvalue weighted by Crippen LogP contribution is -2.32. The smallest absolute Gasteiger partial charge is 0.337 e. The fourth-order valence-electron chi connectivity index (χ4n) is 1.91. The molecule has 0 spiro atoms. The first-order chi connectivity index (χ1) is 8.99. The molecule has 19 heavy (non-hydrogen) atoms. The van der Waals surface area contributed by atoms with Crippen LogP contribution in [-0.2, 0) is 0 Å². The summed E-state index contributed by atoms with van der Waals surface area (Å²) in [6.45, 7) is 5.00. The average molecular weight is 283 g/mol. The Bertz CT molecular complexity index is 439. The second-order valence-corrected chi connectivity index (χ2v) is 5.65. The summed E-state index contributed by atoms with van der Waals surface area (Å²) in [4.78, 5) is 15.1. The van der Waals surface area contributed by atoms with Crippen molar-refractivity contribution in [3.63, 3.8) is 0 Å². The van der Waals surface area contributed by atoms with E-state index < -0.39 is 5.97 Å². The number of nitrogens with zero attached hydrogens (tertiary/aromatic N) is 1. The van der Waals surface area contributed by atoms with E-state index in [4.69, 9.17) is 10.8 Å².